The number of carbonyl (C=O) groups excluding carboxylic acids is 1. The fourth-order valence-corrected chi connectivity index (χ4v) is 2.88. The zero-order valence-electron chi connectivity index (χ0n) is 14.6. The number of hydrogen-bond acceptors (Lipinski definition) is 4. The average molecular weight is 373 g/mol. The Hall–Kier alpha value is -3.09. The first-order valence-corrected chi connectivity index (χ1v) is 8.69. The first-order chi connectivity index (χ1) is 13.0. The Morgan fingerprint density at radius 1 is 1.26 bits per heavy atom. The molecule has 27 heavy (non-hydrogen) atoms. The lowest BCUT2D eigenvalue weighted by Gasteiger charge is -2.16. The highest BCUT2D eigenvalue weighted by molar-refractivity contribution is 5.84. The molecule has 2 aromatic carbocycles. The van der Waals surface area contributed by atoms with Gasteiger partial charge in [-0.3, -0.25) is 4.79 Å². The summed E-state index contributed by atoms with van der Waals surface area (Å²) in [5, 5.41) is 12.0. The molecule has 7 heteroatoms. The molecule has 2 N–H and O–H groups in total. The highest BCUT2D eigenvalue weighted by Gasteiger charge is 2.24. The minimum absolute atomic E-state index is 0.0757. The van der Waals surface area contributed by atoms with Crippen molar-refractivity contribution in [2.24, 2.45) is 0 Å². The van der Waals surface area contributed by atoms with Crippen LogP contribution in [0.5, 0.6) is 11.5 Å². The van der Waals surface area contributed by atoms with Gasteiger partial charge in [0.25, 0.3) is 0 Å². The topological polar surface area (TPSA) is 84.9 Å². The van der Waals surface area contributed by atoms with Gasteiger partial charge >= 0.3 is 5.97 Å². The first kappa shape index (κ1) is 18.7. The van der Waals surface area contributed by atoms with Crippen LogP contribution in [-0.4, -0.2) is 30.2 Å². The van der Waals surface area contributed by atoms with E-state index in [2.05, 4.69) is 5.32 Å². The maximum absolute atomic E-state index is 13.4. The van der Waals surface area contributed by atoms with Crippen molar-refractivity contribution in [1.29, 1.82) is 0 Å². The molecule has 0 radical (unpaired) electrons. The van der Waals surface area contributed by atoms with Gasteiger partial charge in [0.15, 0.2) is 17.6 Å². The van der Waals surface area contributed by atoms with Crippen molar-refractivity contribution in [3.05, 3.63) is 59.4 Å². The van der Waals surface area contributed by atoms with E-state index in [9.17, 15) is 19.1 Å². The van der Waals surface area contributed by atoms with Crippen LogP contribution in [0.25, 0.3) is 0 Å². The summed E-state index contributed by atoms with van der Waals surface area (Å²) in [6.45, 7) is 0.729. The molecule has 0 aliphatic carbocycles. The Morgan fingerprint density at radius 3 is 2.85 bits per heavy atom. The van der Waals surface area contributed by atoms with E-state index < -0.39 is 23.7 Å². The van der Waals surface area contributed by atoms with E-state index in [1.807, 2.05) is 0 Å². The number of halogens is 1. The summed E-state index contributed by atoms with van der Waals surface area (Å²) in [4.78, 5) is 23.7. The molecule has 0 fully saturated rings. The van der Waals surface area contributed by atoms with Gasteiger partial charge in [-0.15, -0.1) is 0 Å². The van der Waals surface area contributed by atoms with Gasteiger partial charge in [-0.1, -0.05) is 18.2 Å². The van der Waals surface area contributed by atoms with Gasteiger partial charge in [-0.2, -0.15) is 0 Å². The van der Waals surface area contributed by atoms with Gasteiger partial charge in [-0.05, 0) is 41.8 Å². The molecule has 1 heterocycles. The van der Waals surface area contributed by atoms with Crippen molar-refractivity contribution in [1.82, 2.24) is 5.32 Å². The average Bonchev–Trinajstić information content (AvgIpc) is 3.12. The number of hydrogen-bond donors (Lipinski definition) is 2. The third kappa shape index (κ3) is 4.75. The number of carboxylic acids is 1. The number of nitrogens with one attached hydrogen (secondary N) is 1. The van der Waals surface area contributed by atoms with E-state index >= 15 is 0 Å². The molecule has 0 saturated heterocycles. The smallest absolute Gasteiger partial charge is 0.330 e. The predicted octanol–water partition coefficient (Wildman–Crippen LogP) is 2.86. The second-order valence-corrected chi connectivity index (χ2v) is 6.19. The molecule has 1 atom stereocenters. The number of aliphatic carboxylic acids is 1. The van der Waals surface area contributed by atoms with Crippen LogP contribution in [0.3, 0.4) is 0 Å². The SMILES string of the molecule is O=C(CCCOc1ccccc1F)NC(C(=O)O)c1ccc2c(c1)CCO2. The third-order valence-electron chi connectivity index (χ3n) is 4.24. The minimum Gasteiger partial charge on any atom is -0.493 e. The molecule has 2 aromatic rings. The lowest BCUT2D eigenvalue weighted by atomic mass is 10.0. The van der Waals surface area contributed by atoms with Gasteiger partial charge in [0.05, 0.1) is 13.2 Å². The second kappa shape index (κ2) is 8.53. The molecule has 3 rings (SSSR count). The van der Waals surface area contributed by atoms with Crippen LogP contribution in [0.1, 0.15) is 30.0 Å². The molecule has 1 aliphatic heterocycles. The third-order valence-corrected chi connectivity index (χ3v) is 4.24. The molecule has 1 aliphatic rings. The normalized spacial score (nSPS) is 13.4. The summed E-state index contributed by atoms with van der Waals surface area (Å²) in [6.07, 6.45) is 1.13. The van der Waals surface area contributed by atoms with Crippen molar-refractivity contribution >= 4 is 11.9 Å². The highest BCUT2D eigenvalue weighted by Crippen LogP contribution is 2.28. The lowest BCUT2D eigenvalue weighted by Crippen LogP contribution is -2.33. The highest BCUT2D eigenvalue weighted by atomic mass is 19.1. The molecule has 0 aromatic heterocycles. The maximum Gasteiger partial charge on any atom is 0.330 e. The van der Waals surface area contributed by atoms with Crippen LogP contribution in [0.2, 0.25) is 0 Å². The number of benzene rings is 2. The molecule has 0 bridgehead atoms. The number of fused-ring (bicyclic) bond motifs is 1. The van der Waals surface area contributed by atoms with Crippen LogP contribution in [0.4, 0.5) is 4.39 Å². The number of carboxylic acid groups (broad SMARTS) is 1. The zero-order valence-corrected chi connectivity index (χ0v) is 14.6. The van der Waals surface area contributed by atoms with Gasteiger partial charge in [0.2, 0.25) is 5.91 Å². The second-order valence-electron chi connectivity index (χ2n) is 6.19. The van der Waals surface area contributed by atoms with Crippen LogP contribution in [-0.2, 0) is 16.0 Å². The first-order valence-electron chi connectivity index (χ1n) is 8.69. The van der Waals surface area contributed by atoms with Gasteiger partial charge in [0.1, 0.15) is 5.75 Å². The summed E-state index contributed by atoms with van der Waals surface area (Å²) in [6, 6.07) is 10.0. The fourth-order valence-electron chi connectivity index (χ4n) is 2.88. The van der Waals surface area contributed by atoms with E-state index in [1.165, 1.54) is 12.1 Å². The number of carbonyl (C=O) groups is 2. The summed E-state index contributed by atoms with van der Waals surface area (Å²) in [5.41, 5.74) is 1.44. The van der Waals surface area contributed by atoms with E-state index in [0.29, 0.717) is 18.6 Å². The van der Waals surface area contributed by atoms with Crippen molar-refractivity contribution in [2.75, 3.05) is 13.2 Å². The number of para-hydroxylation sites is 1. The number of rotatable bonds is 8. The van der Waals surface area contributed by atoms with Crippen molar-refractivity contribution in [2.45, 2.75) is 25.3 Å². The number of amides is 1. The maximum atomic E-state index is 13.4. The summed E-state index contributed by atoms with van der Waals surface area (Å²) in [7, 11) is 0. The van der Waals surface area contributed by atoms with E-state index in [-0.39, 0.29) is 18.8 Å². The van der Waals surface area contributed by atoms with Crippen molar-refractivity contribution in [3.8, 4) is 11.5 Å². The van der Waals surface area contributed by atoms with Crippen LogP contribution in [0.15, 0.2) is 42.5 Å². The number of ether oxygens (including phenoxy) is 2. The molecule has 0 spiro atoms. The molecule has 142 valence electrons. The van der Waals surface area contributed by atoms with Gasteiger partial charge in [0, 0.05) is 12.8 Å². The van der Waals surface area contributed by atoms with E-state index in [4.69, 9.17) is 9.47 Å². The quantitative estimate of drug-likeness (QED) is 0.695. The molecular weight excluding hydrogens is 353 g/mol. The van der Waals surface area contributed by atoms with E-state index in [0.717, 1.165) is 17.7 Å². The molecular formula is C20H20FNO5. The Kier molecular flexibility index (Phi) is 5.90. The van der Waals surface area contributed by atoms with Crippen LogP contribution >= 0.6 is 0 Å². The molecule has 6 nitrogen and oxygen atoms in total. The Morgan fingerprint density at radius 2 is 2.07 bits per heavy atom. The standard InChI is InChI=1S/C20H20FNO5/c21-15-4-1-2-5-17(15)26-10-3-6-18(23)22-19(20(24)25)14-7-8-16-13(12-14)9-11-27-16/h1-2,4-5,7-8,12,19H,3,6,9-11H2,(H,22,23)(H,24,25). The van der Waals surface area contributed by atoms with E-state index in [1.54, 1.807) is 30.3 Å². The molecule has 1 unspecified atom stereocenters. The summed E-state index contributed by atoms with van der Waals surface area (Å²) >= 11 is 0. The monoisotopic (exact) mass is 373 g/mol. The lowest BCUT2D eigenvalue weighted by molar-refractivity contribution is -0.142. The van der Waals surface area contributed by atoms with Crippen molar-refractivity contribution < 1.29 is 28.6 Å². The Bertz CT molecular complexity index is 839. The summed E-state index contributed by atoms with van der Waals surface area (Å²) in [5.74, 6) is -1.13. The van der Waals surface area contributed by atoms with Gasteiger partial charge < -0.3 is 19.9 Å². The molecule has 1 amide bonds. The zero-order chi connectivity index (χ0) is 19.2. The van der Waals surface area contributed by atoms with Crippen LogP contribution in [0, 0.1) is 5.82 Å². The minimum atomic E-state index is -1.13. The molecule has 0 saturated carbocycles. The summed E-state index contributed by atoms with van der Waals surface area (Å²) < 4.78 is 24.1. The van der Waals surface area contributed by atoms with Gasteiger partial charge in [-0.25, -0.2) is 9.18 Å². The largest absolute Gasteiger partial charge is 0.493 e. The Balaban J connectivity index is 1.52. The Labute approximate surface area is 155 Å². The fraction of sp³-hybridized carbons (Fsp3) is 0.300. The predicted molar refractivity (Wildman–Crippen MR) is 95.3 cm³/mol. The van der Waals surface area contributed by atoms with Crippen LogP contribution < -0.4 is 14.8 Å². The van der Waals surface area contributed by atoms with Crippen molar-refractivity contribution in [3.63, 3.8) is 0 Å².